The van der Waals surface area contributed by atoms with Crippen LogP contribution in [0.25, 0.3) is 0 Å². The molecule has 0 saturated carbocycles. The molecule has 19 heavy (non-hydrogen) atoms. The Morgan fingerprint density at radius 3 is 2.63 bits per heavy atom. The molecule has 7 heteroatoms. The first-order valence-electron chi connectivity index (χ1n) is 5.93. The van der Waals surface area contributed by atoms with Crippen LogP contribution in [0.3, 0.4) is 0 Å². The maximum absolute atomic E-state index is 12.1. The van der Waals surface area contributed by atoms with Gasteiger partial charge >= 0.3 is 0 Å². The van der Waals surface area contributed by atoms with Gasteiger partial charge in [-0.05, 0) is 40.5 Å². The summed E-state index contributed by atoms with van der Waals surface area (Å²) < 4.78 is 32.1. The summed E-state index contributed by atoms with van der Waals surface area (Å²) in [5.41, 5.74) is 1.01. The number of benzene rings is 1. The second-order valence-electron chi connectivity index (χ2n) is 4.07. The minimum Gasteiger partial charge on any atom is -0.383 e. The number of halogens is 1. The second kappa shape index (κ2) is 7.96. The van der Waals surface area contributed by atoms with E-state index in [1.165, 1.54) is 0 Å². The Kier molecular flexibility index (Phi) is 6.95. The number of nitrogens with one attached hydrogen (secondary N) is 2. The molecule has 0 fully saturated rings. The first-order chi connectivity index (χ1) is 8.97. The second-order valence-corrected chi connectivity index (χ2v) is 6.66. The summed E-state index contributed by atoms with van der Waals surface area (Å²) in [5.74, 6) is 0. The van der Waals surface area contributed by atoms with Crippen molar-refractivity contribution in [2.75, 3.05) is 33.4 Å². The van der Waals surface area contributed by atoms with Crippen LogP contribution in [0.5, 0.6) is 0 Å². The minimum atomic E-state index is -3.47. The summed E-state index contributed by atoms with van der Waals surface area (Å²) in [6, 6.07) is 5.15. The van der Waals surface area contributed by atoms with Crippen molar-refractivity contribution in [3.63, 3.8) is 0 Å². The van der Waals surface area contributed by atoms with Crippen LogP contribution >= 0.6 is 15.9 Å². The molecule has 0 aliphatic heterocycles. The highest BCUT2D eigenvalue weighted by Gasteiger charge is 2.16. The third-order valence-corrected chi connectivity index (χ3v) is 4.89. The van der Waals surface area contributed by atoms with E-state index in [4.69, 9.17) is 4.74 Å². The summed E-state index contributed by atoms with van der Waals surface area (Å²) in [6.07, 6.45) is 0. The van der Waals surface area contributed by atoms with Gasteiger partial charge in [0.15, 0.2) is 0 Å². The van der Waals surface area contributed by atoms with Crippen LogP contribution in [0, 0.1) is 6.92 Å². The van der Waals surface area contributed by atoms with Gasteiger partial charge in [-0.15, -0.1) is 0 Å². The SMILES string of the molecule is COCCNCCNS(=O)(=O)c1ccc(C)cc1Br. The Bertz CT molecular complexity index is 506. The van der Waals surface area contributed by atoms with Gasteiger partial charge in [0.2, 0.25) is 10.0 Å². The molecule has 0 saturated heterocycles. The molecule has 0 amide bonds. The van der Waals surface area contributed by atoms with Crippen LogP contribution in [0.2, 0.25) is 0 Å². The molecule has 0 heterocycles. The molecule has 0 unspecified atom stereocenters. The Morgan fingerprint density at radius 1 is 1.26 bits per heavy atom. The molecule has 0 aliphatic rings. The predicted molar refractivity (Wildman–Crippen MR) is 78.8 cm³/mol. The zero-order chi connectivity index (χ0) is 14.3. The molecule has 0 atom stereocenters. The van der Waals surface area contributed by atoms with E-state index in [-0.39, 0.29) is 4.90 Å². The summed E-state index contributed by atoms with van der Waals surface area (Å²) >= 11 is 3.27. The van der Waals surface area contributed by atoms with Gasteiger partial charge in [-0.2, -0.15) is 0 Å². The van der Waals surface area contributed by atoms with E-state index in [0.29, 0.717) is 30.7 Å². The van der Waals surface area contributed by atoms with Crippen molar-refractivity contribution in [2.24, 2.45) is 0 Å². The lowest BCUT2D eigenvalue weighted by atomic mass is 10.2. The molecule has 0 bridgehead atoms. The molecule has 2 N–H and O–H groups in total. The average Bonchev–Trinajstić information content (AvgIpc) is 2.33. The molecule has 1 aromatic carbocycles. The van der Waals surface area contributed by atoms with Crippen LogP contribution in [-0.4, -0.2) is 41.8 Å². The number of hydrogen-bond donors (Lipinski definition) is 2. The number of methoxy groups -OCH3 is 1. The Labute approximate surface area is 122 Å². The number of aryl methyl sites for hydroxylation is 1. The fourth-order valence-electron chi connectivity index (χ4n) is 1.47. The van der Waals surface area contributed by atoms with Gasteiger partial charge in [-0.3, -0.25) is 0 Å². The van der Waals surface area contributed by atoms with Gasteiger partial charge in [-0.25, -0.2) is 13.1 Å². The quantitative estimate of drug-likeness (QED) is 0.693. The van der Waals surface area contributed by atoms with Crippen molar-refractivity contribution in [1.29, 1.82) is 0 Å². The summed E-state index contributed by atoms with van der Waals surface area (Å²) in [5, 5.41) is 3.07. The number of rotatable bonds is 8. The third kappa shape index (κ3) is 5.58. The first kappa shape index (κ1) is 16.6. The minimum absolute atomic E-state index is 0.259. The average molecular weight is 351 g/mol. The maximum Gasteiger partial charge on any atom is 0.241 e. The monoisotopic (exact) mass is 350 g/mol. The fourth-order valence-corrected chi connectivity index (χ4v) is 3.70. The van der Waals surface area contributed by atoms with Crippen molar-refractivity contribution < 1.29 is 13.2 Å². The van der Waals surface area contributed by atoms with Gasteiger partial charge in [0.1, 0.15) is 0 Å². The molecule has 0 aliphatic carbocycles. The molecule has 0 aromatic heterocycles. The first-order valence-corrected chi connectivity index (χ1v) is 8.20. The van der Waals surface area contributed by atoms with E-state index in [0.717, 1.165) is 5.56 Å². The van der Waals surface area contributed by atoms with Gasteiger partial charge in [-0.1, -0.05) is 6.07 Å². The standard InChI is InChI=1S/C12H19BrN2O3S/c1-10-3-4-12(11(13)9-10)19(16,17)15-6-5-14-7-8-18-2/h3-4,9,14-15H,5-8H2,1-2H3. The van der Waals surface area contributed by atoms with Crippen molar-refractivity contribution in [2.45, 2.75) is 11.8 Å². The molecule has 1 rings (SSSR count). The summed E-state index contributed by atoms with van der Waals surface area (Å²) in [7, 11) is -1.84. The highest BCUT2D eigenvalue weighted by molar-refractivity contribution is 9.10. The molecule has 5 nitrogen and oxygen atoms in total. The Morgan fingerprint density at radius 2 is 2.00 bits per heavy atom. The highest BCUT2D eigenvalue weighted by Crippen LogP contribution is 2.22. The zero-order valence-electron chi connectivity index (χ0n) is 11.1. The Hall–Kier alpha value is -0.470. The zero-order valence-corrected chi connectivity index (χ0v) is 13.5. The van der Waals surface area contributed by atoms with Crippen molar-refractivity contribution in [3.8, 4) is 0 Å². The summed E-state index contributed by atoms with van der Waals surface area (Å²) in [6.45, 7) is 4.12. The van der Waals surface area contributed by atoms with Gasteiger partial charge in [0.25, 0.3) is 0 Å². The number of hydrogen-bond acceptors (Lipinski definition) is 4. The predicted octanol–water partition coefficient (Wildman–Crippen LogP) is 1.27. The van der Waals surface area contributed by atoms with E-state index in [1.807, 2.05) is 6.92 Å². The molecule has 0 spiro atoms. The highest BCUT2D eigenvalue weighted by atomic mass is 79.9. The fraction of sp³-hybridized carbons (Fsp3) is 0.500. The van der Waals surface area contributed by atoms with Crippen LogP contribution < -0.4 is 10.0 Å². The van der Waals surface area contributed by atoms with Gasteiger partial charge in [0.05, 0.1) is 11.5 Å². The van der Waals surface area contributed by atoms with Crippen LogP contribution in [0.15, 0.2) is 27.6 Å². The van der Waals surface area contributed by atoms with Crippen LogP contribution in [0.4, 0.5) is 0 Å². The normalized spacial score (nSPS) is 11.7. The van der Waals surface area contributed by atoms with Crippen molar-refractivity contribution in [3.05, 3.63) is 28.2 Å². The van der Waals surface area contributed by atoms with Gasteiger partial charge in [0, 0.05) is 31.2 Å². The largest absolute Gasteiger partial charge is 0.383 e. The summed E-state index contributed by atoms with van der Waals surface area (Å²) in [4.78, 5) is 0.259. The van der Waals surface area contributed by atoms with Gasteiger partial charge < -0.3 is 10.1 Å². The molecule has 0 radical (unpaired) electrons. The molecular formula is C12H19BrN2O3S. The lowest BCUT2D eigenvalue weighted by Gasteiger charge is -2.09. The van der Waals surface area contributed by atoms with Crippen LogP contribution in [0.1, 0.15) is 5.56 Å². The van der Waals surface area contributed by atoms with Crippen molar-refractivity contribution >= 4 is 26.0 Å². The Balaban J connectivity index is 2.52. The molecule has 1 aromatic rings. The smallest absolute Gasteiger partial charge is 0.241 e. The van der Waals surface area contributed by atoms with E-state index < -0.39 is 10.0 Å². The van der Waals surface area contributed by atoms with Crippen LogP contribution in [-0.2, 0) is 14.8 Å². The van der Waals surface area contributed by atoms with Crippen molar-refractivity contribution in [1.82, 2.24) is 10.0 Å². The maximum atomic E-state index is 12.1. The third-order valence-electron chi connectivity index (χ3n) is 2.45. The number of sulfonamides is 1. The van der Waals surface area contributed by atoms with E-state index in [1.54, 1.807) is 25.3 Å². The molecule has 108 valence electrons. The lowest BCUT2D eigenvalue weighted by Crippen LogP contribution is -2.33. The lowest BCUT2D eigenvalue weighted by molar-refractivity contribution is 0.199. The van der Waals surface area contributed by atoms with E-state index in [2.05, 4.69) is 26.0 Å². The number of ether oxygens (including phenoxy) is 1. The van der Waals surface area contributed by atoms with E-state index >= 15 is 0 Å². The topological polar surface area (TPSA) is 67.4 Å². The molecular weight excluding hydrogens is 332 g/mol. The van der Waals surface area contributed by atoms with E-state index in [9.17, 15) is 8.42 Å².